The van der Waals surface area contributed by atoms with Crippen molar-refractivity contribution in [2.75, 3.05) is 6.54 Å². The van der Waals surface area contributed by atoms with Gasteiger partial charge in [0.1, 0.15) is 0 Å². The number of hydrogen-bond acceptors (Lipinski definition) is 1. The van der Waals surface area contributed by atoms with Gasteiger partial charge in [0, 0.05) is 11.1 Å². The Balaban J connectivity index is 2.22. The van der Waals surface area contributed by atoms with Crippen LogP contribution in [-0.2, 0) is 0 Å². The molecular formula is C16H18ClN. The first-order chi connectivity index (χ1) is 8.70. The monoisotopic (exact) mass is 259 g/mol. The summed E-state index contributed by atoms with van der Waals surface area (Å²) >= 11 is 6.01. The highest BCUT2D eigenvalue weighted by Crippen LogP contribution is 2.24. The topological polar surface area (TPSA) is 12.0 Å². The molecular weight excluding hydrogens is 242 g/mol. The molecule has 0 radical (unpaired) electrons. The third-order valence-corrected chi connectivity index (χ3v) is 3.31. The van der Waals surface area contributed by atoms with Gasteiger partial charge in [0.2, 0.25) is 0 Å². The summed E-state index contributed by atoms with van der Waals surface area (Å²) in [6, 6.07) is 17.0. The average molecular weight is 260 g/mol. The molecule has 0 heterocycles. The van der Waals surface area contributed by atoms with Gasteiger partial charge in [-0.1, -0.05) is 54.9 Å². The van der Waals surface area contributed by atoms with Crippen molar-refractivity contribution in [3.63, 3.8) is 0 Å². The van der Waals surface area contributed by atoms with E-state index in [9.17, 15) is 0 Å². The van der Waals surface area contributed by atoms with E-state index >= 15 is 0 Å². The lowest BCUT2D eigenvalue weighted by Crippen LogP contribution is -2.17. The van der Waals surface area contributed by atoms with Gasteiger partial charge in [-0.2, -0.15) is 0 Å². The van der Waals surface area contributed by atoms with Gasteiger partial charge in [0.15, 0.2) is 0 Å². The Kier molecular flexibility index (Phi) is 4.40. The summed E-state index contributed by atoms with van der Waals surface area (Å²) in [4.78, 5) is 0. The van der Waals surface area contributed by atoms with E-state index in [1.807, 2.05) is 18.2 Å². The van der Waals surface area contributed by atoms with E-state index in [-0.39, 0.29) is 0 Å². The van der Waals surface area contributed by atoms with Gasteiger partial charge in [0.25, 0.3) is 0 Å². The van der Waals surface area contributed by atoms with Crippen LogP contribution in [0.5, 0.6) is 0 Å². The standard InChI is InChI=1S/C16H18ClN/c1-3-18-12(2)13-7-9-14(10-8-13)15-5-4-6-16(17)11-15/h4-12,18H,3H2,1-2H3. The molecule has 1 unspecified atom stereocenters. The first kappa shape index (κ1) is 13.1. The van der Waals surface area contributed by atoms with Crippen LogP contribution in [0.15, 0.2) is 48.5 Å². The lowest BCUT2D eigenvalue weighted by molar-refractivity contribution is 0.598. The summed E-state index contributed by atoms with van der Waals surface area (Å²) in [6.45, 7) is 5.28. The SMILES string of the molecule is CCNC(C)c1ccc(-c2cccc(Cl)c2)cc1. The van der Waals surface area contributed by atoms with Crippen LogP contribution in [-0.4, -0.2) is 6.54 Å². The predicted molar refractivity (Wildman–Crippen MR) is 79.0 cm³/mol. The molecule has 0 amide bonds. The Morgan fingerprint density at radius 1 is 1.06 bits per heavy atom. The summed E-state index contributed by atoms with van der Waals surface area (Å²) in [5.74, 6) is 0. The van der Waals surface area contributed by atoms with Gasteiger partial charge in [0.05, 0.1) is 0 Å². The maximum Gasteiger partial charge on any atom is 0.0412 e. The fraction of sp³-hybridized carbons (Fsp3) is 0.250. The third kappa shape index (κ3) is 3.12. The molecule has 0 aromatic heterocycles. The minimum atomic E-state index is 0.392. The number of benzene rings is 2. The molecule has 1 atom stereocenters. The van der Waals surface area contributed by atoms with E-state index in [1.165, 1.54) is 11.1 Å². The molecule has 0 spiro atoms. The maximum absolute atomic E-state index is 6.01. The number of rotatable bonds is 4. The molecule has 94 valence electrons. The van der Waals surface area contributed by atoms with Crippen molar-refractivity contribution in [1.82, 2.24) is 5.32 Å². The van der Waals surface area contributed by atoms with Crippen LogP contribution < -0.4 is 5.32 Å². The molecule has 1 N–H and O–H groups in total. The van der Waals surface area contributed by atoms with Crippen molar-refractivity contribution in [3.05, 3.63) is 59.1 Å². The first-order valence-corrected chi connectivity index (χ1v) is 6.68. The Morgan fingerprint density at radius 3 is 2.39 bits per heavy atom. The predicted octanol–water partition coefficient (Wildman–Crippen LogP) is 4.68. The van der Waals surface area contributed by atoms with Gasteiger partial charge in [-0.05, 0) is 42.3 Å². The number of nitrogens with one attached hydrogen (secondary N) is 1. The zero-order valence-electron chi connectivity index (χ0n) is 10.8. The molecule has 2 rings (SSSR count). The minimum Gasteiger partial charge on any atom is -0.310 e. The maximum atomic E-state index is 6.01. The number of hydrogen-bond donors (Lipinski definition) is 1. The lowest BCUT2D eigenvalue weighted by atomic mass is 10.0. The Hall–Kier alpha value is -1.31. The molecule has 18 heavy (non-hydrogen) atoms. The zero-order chi connectivity index (χ0) is 13.0. The first-order valence-electron chi connectivity index (χ1n) is 6.30. The third-order valence-electron chi connectivity index (χ3n) is 3.08. The summed E-state index contributed by atoms with van der Waals surface area (Å²) in [6.07, 6.45) is 0. The highest BCUT2D eigenvalue weighted by Gasteiger charge is 2.04. The molecule has 2 aromatic rings. The van der Waals surface area contributed by atoms with Crippen molar-refractivity contribution in [2.45, 2.75) is 19.9 Å². The van der Waals surface area contributed by atoms with E-state index in [1.54, 1.807) is 0 Å². The molecule has 0 aliphatic rings. The molecule has 0 saturated carbocycles. The molecule has 1 nitrogen and oxygen atoms in total. The fourth-order valence-corrected chi connectivity index (χ4v) is 2.25. The van der Waals surface area contributed by atoms with E-state index in [2.05, 4.69) is 49.5 Å². The zero-order valence-corrected chi connectivity index (χ0v) is 11.5. The molecule has 0 bridgehead atoms. The Bertz CT molecular complexity index is 505. The van der Waals surface area contributed by atoms with Crippen molar-refractivity contribution < 1.29 is 0 Å². The van der Waals surface area contributed by atoms with Crippen LogP contribution in [0.4, 0.5) is 0 Å². The highest BCUT2D eigenvalue weighted by atomic mass is 35.5. The van der Waals surface area contributed by atoms with Crippen LogP contribution >= 0.6 is 11.6 Å². The van der Waals surface area contributed by atoms with Crippen LogP contribution in [0.1, 0.15) is 25.5 Å². The van der Waals surface area contributed by atoms with Crippen molar-refractivity contribution in [1.29, 1.82) is 0 Å². The summed E-state index contributed by atoms with van der Waals surface area (Å²) in [7, 11) is 0. The van der Waals surface area contributed by atoms with E-state index in [0.29, 0.717) is 6.04 Å². The normalized spacial score (nSPS) is 12.4. The van der Waals surface area contributed by atoms with Crippen molar-refractivity contribution in [3.8, 4) is 11.1 Å². The quantitative estimate of drug-likeness (QED) is 0.841. The van der Waals surface area contributed by atoms with Crippen molar-refractivity contribution in [2.24, 2.45) is 0 Å². The van der Waals surface area contributed by atoms with Gasteiger partial charge < -0.3 is 5.32 Å². The van der Waals surface area contributed by atoms with E-state index in [4.69, 9.17) is 11.6 Å². The van der Waals surface area contributed by atoms with E-state index in [0.717, 1.165) is 17.1 Å². The molecule has 0 saturated heterocycles. The summed E-state index contributed by atoms with van der Waals surface area (Å²) in [5, 5.41) is 4.18. The Morgan fingerprint density at radius 2 is 1.78 bits per heavy atom. The van der Waals surface area contributed by atoms with Gasteiger partial charge in [-0.15, -0.1) is 0 Å². The van der Waals surface area contributed by atoms with E-state index < -0.39 is 0 Å². The summed E-state index contributed by atoms with van der Waals surface area (Å²) in [5.41, 5.74) is 3.66. The van der Waals surface area contributed by atoms with Gasteiger partial charge in [-0.3, -0.25) is 0 Å². The van der Waals surface area contributed by atoms with Gasteiger partial charge >= 0.3 is 0 Å². The second-order valence-corrected chi connectivity index (χ2v) is 4.85. The number of halogens is 1. The molecule has 2 heteroatoms. The molecule has 2 aromatic carbocycles. The average Bonchev–Trinajstić information content (AvgIpc) is 2.39. The van der Waals surface area contributed by atoms with Crippen LogP contribution in [0.3, 0.4) is 0 Å². The summed E-state index contributed by atoms with van der Waals surface area (Å²) < 4.78 is 0. The fourth-order valence-electron chi connectivity index (χ4n) is 2.06. The second kappa shape index (κ2) is 6.03. The smallest absolute Gasteiger partial charge is 0.0412 e. The van der Waals surface area contributed by atoms with Crippen molar-refractivity contribution >= 4 is 11.6 Å². The largest absolute Gasteiger partial charge is 0.310 e. The lowest BCUT2D eigenvalue weighted by Gasteiger charge is -2.13. The van der Waals surface area contributed by atoms with Gasteiger partial charge in [-0.25, -0.2) is 0 Å². The molecule has 0 aliphatic carbocycles. The van der Waals surface area contributed by atoms with Crippen LogP contribution in [0.25, 0.3) is 11.1 Å². The van der Waals surface area contributed by atoms with Crippen LogP contribution in [0, 0.1) is 0 Å². The molecule has 0 aliphatic heterocycles. The second-order valence-electron chi connectivity index (χ2n) is 4.41. The highest BCUT2D eigenvalue weighted by molar-refractivity contribution is 6.30. The molecule has 0 fully saturated rings. The Labute approximate surface area is 114 Å². The minimum absolute atomic E-state index is 0.392. The van der Waals surface area contributed by atoms with Crippen LogP contribution in [0.2, 0.25) is 5.02 Å².